The van der Waals surface area contributed by atoms with Crippen LogP contribution in [0.3, 0.4) is 0 Å². The van der Waals surface area contributed by atoms with Gasteiger partial charge in [0.15, 0.2) is 5.78 Å². The first-order valence-electron chi connectivity index (χ1n) is 4.06. The van der Waals surface area contributed by atoms with Crippen molar-refractivity contribution < 1.29 is 9.18 Å². The van der Waals surface area contributed by atoms with Gasteiger partial charge in [0.2, 0.25) is 0 Å². The molecule has 0 spiro atoms. The number of hydrogen-bond acceptors (Lipinski definition) is 2. The highest BCUT2D eigenvalue weighted by Crippen LogP contribution is 2.24. The molecular formula is C10H11FOS. The van der Waals surface area contributed by atoms with Gasteiger partial charge in [0, 0.05) is 12.0 Å². The first kappa shape index (κ1) is 10.3. The van der Waals surface area contributed by atoms with Crippen molar-refractivity contribution in [2.45, 2.75) is 18.2 Å². The van der Waals surface area contributed by atoms with E-state index in [1.165, 1.54) is 17.8 Å². The fraction of sp³-hybridized carbons (Fsp3) is 0.300. The number of hydrogen-bond donors (Lipinski definition) is 0. The second-order valence-corrected chi connectivity index (χ2v) is 3.41. The van der Waals surface area contributed by atoms with E-state index in [4.69, 9.17) is 0 Å². The Hall–Kier alpha value is -0.830. The van der Waals surface area contributed by atoms with Crippen molar-refractivity contribution in [2.24, 2.45) is 0 Å². The number of halogens is 1. The maximum atomic E-state index is 13.2. The van der Waals surface area contributed by atoms with Crippen molar-refractivity contribution in [3.05, 3.63) is 29.6 Å². The molecule has 3 heteroatoms. The third-order valence-electron chi connectivity index (χ3n) is 1.79. The molecule has 0 unspecified atom stereocenters. The van der Waals surface area contributed by atoms with Gasteiger partial charge in [-0.2, -0.15) is 0 Å². The maximum Gasteiger partial charge on any atom is 0.163 e. The van der Waals surface area contributed by atoms with E-state index in [0.29, 0.717) is 16.9 Å². The first-order chi connectivity index (χ1) is 6.20. The quantitative estimate of drug-likeness (QED) is 0.548. The minimum Gasteiger partial charge on any atom is -0.294 e. The van der Waals surface area contributed by atoms with Gasteiger partial charge in [-0.05, 0) is 12.3 Å². The number of carbonyl (C=O) groups is 1. The molecule has 0 bridgehead atoms. The summed E-state index contributed by atoms with van der Waals surface area (Å²) >= 11 is 1.27. The van der Waals surface area contributed by atoms with Crippen LogP contribution < -0.4 is 0 Å². The molecule has 0 radical (unpaired) electrons. The van der Waals surface area contributed by atoms with Crippen LogP contribution in [-0.4, -0.2) is 12.0 Å². The molecule has 0 saturated heterocycles. The van der Waals surface area contributed by atoms with Crippen LogP contribution in [0.1, 0.15) is 23.7 Å². The van der Waals surface area contributed by atoms with E-state index in [-0.39, 0.29) is 11.6 Å². The second-order valence-electron chi connectivity index (χ2n) is 2.60. The highest BCUT2D eigenvalue weighted by atomic mass is 32.2. The molecule has 70 valence electrons. The molecule has 0 amide bonds. The Kier molecular flexibility index (Phi) is 3.48. The van der Waals surface area contributed by atoms with Gasteiger partial charge in [0.1, 0.15) is 5.82 Å². The van der Waals surface area contributed by atoms with Crippen LogP contribution in [0.2, 0.25) is 0 Å². The van der Waals surface area contributed by atoms with Crippen LogP contribution in [0.5, 0.6) is 0 Å². The Morgan fingerprint density at radius 2 is 2.23 bits per heavy atom. The van der Waals surface area contributed by atoms with Crippen molar-refractivity contribution in [3.63, 3.8) is 0 Å². The van der Waals surface area contributed by atoms with Crippen molar-refractivity contribution >= 4 is 17.5 Å². The van der Waals surface area contributed by atoms with E-state index in [1.54, 1.807) is 25.3 Å². The van der Waals surface area contributed by atoms with Gasteiger partial charge in [-0.15, -0.1) is 11.8 Å². The third kappa shape index (κ3) is 2.10. The largest absolute Gasteiger partial charge is 0.294 e. The molecule has 1 aromatic rings. The van der Waals surface area contributed by atoms with Crippen molar-refractivity contribution in [3.8, 4) is 0 Å². The van der Waals surface area contributed by atoms with Gasteiger partial charge in [-0.1, -0.05) is 19.1 Å². The topological polar surface area (TPSA) is 17.1 Å². The van der Waals surface area contributed by atoms with Crippen molar-refractivity contribution in [2.75, 3.05) is 6.26 Å². The van der Waals surface area contributed by atoms with Gasteiger partial charge >= 0.3 is 0 Å². The summed E-state index contributed by atoms with van der Waals surface area (Å²) in [5, 5.41) is 0. The zero-order valence-corrected chi connectivity index (χ0v) is 8.45. The minimum absolute atomic E-state index is 0.0103. The zero-order valence-electron chi connectivity index (χ0n) is 7.63. The fourth-order valence-electron chi connectivity index (χ4n) is 1.13. The molecule has 0 aliphatic carbocycles. The summed E-state index contributed by atoms with van der Waals surface area (Å²) in [5.41, 5.74) is 0.495. The van der Waals surface area contributed by atoms with Gasteiger partial charge in [0.25, 0.3) is 0 Å². The Morgan fingerprint density at radius 3 is 2.77 bits per heavy atom. The van der Waals surface area contributed by atoms with Gasteiger partial charge in [0.05, 0.1) is 4.90 Å². The standard InChI is InChI=1S/C10H11FOS/c1-3-9(12)7-5-4-6-8(11)10(7)13-2/h4-6H,3H2,1-2H3. The SMILES string of the molecule is CCC(=O)c1cccc(F)c1SC. The summed E-state index contributed by atoms with van der Waals surface area (Å²) in [7, 11) is 0. The molecule has 0 aliphatic heterocycles. The molecule has 0 heterocycles. The molecule has 0 aromatic heterocycles. The lowest BCUT2D eigenvalue weighted by Gasteiger charge is -2.05. The maximum absolute atomic E-state index is 13.2. The molecule has 0 aliphatic rings. The molecular weight excluding hydrogens is 187 g/mol. The Labute approximate surface area is 81.3 Å². The number of ketones is 1. The molecule has 0 fully saturated rings. The smallest absolute Gasteiger partial charge is 0.163 e. The van der Waals surface area contributed by atoms with Crippen LogP contribution in [-0.2, 0) is 0 Å². The first-order valence-corrected chi connectivity index (χ1v) is 5.28. The highest BCUT2D eigenvalue weighted by Gasteiger charge is 2.11. The summed E-state index contributed by atoms with van der Waals surface area (Å²) in [6.45, 7) is 1.78. The van der Waals surface area contributed by atoms with Crippen LogP contribution in [0.15, 0.2) is 23.1 Å². The summed E-state index contributed by atoms with van der Waals surface area (Å²) < 4.78 is 13.2. The second kappa shape index (κ2) is 4.42. The predicted octanol–water partition coefficient (Wildman–Crippen LogP) is 3.14. The Morgan fingerprint density at radius 1 is 1.54 bits per heavy atom. The summed E-state index contributed by atoms with van der Waals surface area (Å²) in [6, 6.07) is 4.61. The predicted molar refractivity (Wildman–Crippen MR) is 52.8 cm³/mol. The molecule has 1 nitrogen and oxygen atoms in total. The average Bonchev–Trinajstić information content (AvgIpc) is 2.16. The lowest BCUT2D eigenvalue weighted by Crippen LogP contribution is -2.00. The lowest BCUT2D eigenvalue weighted by atomic mass is 10.1. The molecule has 1 rings (SSSR count). The number of benzene rings is 1. The van der Waals surface area contributed by atoms with E-state index in [1.807, 2.05) is 0 Å². The normalized spacial score (nSPS) is 10.1. The van der Waals surface area contributed by atoms with Gasteiger partial charge < -0.3 is 0 Å². The molecule has 0 N–H and O–H groups in total. The third-order valence-corrected chi connectivity index (χ3v) is 2.62. The monoisotopic (exact) mass is 198 g/mol. The number of rotatable bonds is 3. The average molecular weight is 198 g/mol. The number of carbonyl (C=O) groups excluding carboxylic acids is 1. The van der Waals surface area contributed by atoms with E-state index < -0.39 is 0 Å². The fourth-order valence-corrected chi connectivity index (χ4v) is 1.79. The van der Waals surface area contributed by atoms with Gasteiger partial charge in [-0.25, -0.2) is 4.39 Å². The molecule has 1 aromatic carbocycles. The Bertz CT molecular complexity index is 323. The van der Waals surface area contributed by atoms with Crippen LogP contribution >= 0.6 is 11.8 Å². The van der Waals surface area contributed by atoms with Crippen LogP contribution in [0.4, 0.5) is 4.39 Å². The summed E-state index contributed by atoms with van der Waals surface area (Å²) in [4.78, 5) is 11.8. The summed E-state index contributed by atoms with van der Waals surface area (Å²) in [5.74, 6) is -0.323. The van der Waals surface area contributed by atoms with Crippen molar-refractivity contribution in [1.82, 2.24) is 0 Å². The van der Waals surface area contributed by atoms with E-state index in [2.05, 4.69) is 0 Å². The van der Waals surface area contributed by atoms with Gasteiger partial charge in [-0.3, -0.25) is 4.79 Å². The van der Waals surface area contributed by atoms with E-state index >= 15 is 0 Å². The molecule has 0 saturated carbocycles. The number of thioether (sulfide) groups is 1. The van der Waals surface area contributed by atoms with Crippen LogP contribution in [0.25, 0.3) is 0 Å². The molecule has 0 atom stereocenters. The van der Waals surface area contributed by atoms with Crippen LogP contribution in [0, 0.1) is 5.82 Å². The highest BCUT2D eigenvalue weighted by molar-refractivity contribution is 7.98. The van der Waals surface area contributed by atoms with E-state index in [0.717, 1.165) is 0 Å². The van der Waals surface area contributed by atoms with E-state index in [9.17, 15) is 9.18 Å². The zero-order chi connectivity index (χ0) is 9.84. The minimum atomic E-state index is -0.313. The number of Topliss-reactive ketones (excluding diaryl/α,β-unsaturated/α-hetero) is 1. The summed E-state index contributed by atoms with van der Waals surface area (Å²) in [6.07, 6.45) is 2.18. The molecule has 13 heavy (non-hydrogen) atoms. The van der Waals surface area contributed by atoms with Crippen molar-refractivity contribution in [1.29, 1.82) is 0 Å². The lowest BCUT2D eigenvalue weighted by molar-refractivity contribution is 0.0984. The Balaban J connectivity index is 3.20.